The van der Waals surface area contributed by atoms with E-state index in [1.54, 1.807) is 18.2 Å². The monoisotopic (exact) mass is 306 g/mol. The molecule has 0 unspecified atom stereocenters. The molecule has 0 aliphatic rings. The van der Waals surface area contributed by atoms with E-state index in [9.17, 15) is 19.5 Å². The Hall–Kier alpha value is -2.47. The topological polar surface area (TPSA) is 101 Å². The summed E-state index contributed by atoms with van der Waals surface area (Å²) >= 11 is 0. The van der Waals surface area contributed by atoms with Crippen LogP contribution in [0.4, 0.5) is 0 Å². The number of carbonyl (C=O) groups excluding carboxylic acids is 1. The fourth-order valence-electron chi connectivity index (χ4n) is 1.98. The number of benzene rings is 1. The molecule has 0 aliphatic carbocycles. The van der Waals surface area contributed by atoms with Crippen LogP contribution in [0.5, 0.6) is 0 Å². The Balaban J connectivity index is 3.12. The lowest BCUT2D eigenvalue weighted by atomic mass is 9.96. The van der Waals surface area contributed by atoms with E-state index in [1.807, 2.05) is 13.0 Å². The lowest BCUT2D eigenvalue weighted by Crippen LogP contribution is -2.16. The van der Waals surface area contributed by atoms with Gasteiger partial charge in [0.05, 0.1) is 17.8 Å². The maximum atomic E-state index is 12.2. The largest absolute Gasteiger partial charge is 0.478 e. The summed E-state index contributed by atoms with van der Waals surface area (Å²) < 4.78 is 4.78. The molecule has 6 heteroatoms. The molecule has 2 N–H and O–H groups in total. The average molecular weight is 306 g/mol. The van der Waals surface area contributed by atoms with Gasteiger partial charge in [-0.3, -0.25) is 4.79 Å². The minimum Gasteiger partial charge on any atom is -0.478 e. The van der Waals surface area contributed by atoms with Gasteiger partial charge in [-0.1, -0.05) is 23.8 Å². The Morgan fingerprint density at radius 3 is 2.23 bits per heavy atom. The summed E-state index contributed by atoms with van der Waals surface area (Å²) in [5.74, 6) is -3.20. The Morgan fingerprint density at radius 1 is 1.09 bits per heavy atom. The van der Waals surface area contributed by atoms with Gasteiger partial charge in [0, 0.05) is 25.5 Å². The molecule has 0 amide bonds. The summed E-state index contributed by atoms with van der Waals surface area (Å²) in [4.78, 5) is 34.8. The average Bonchev–Trinajstić information content (AvgIpc) is 2.45. The van der Waals surface area contributed by atoms with E-state index in [1.165, 1.54) is 7.11 Å². The number of carbonyl (C=O) groups is 3. The number of ketones is 1. The van der Waals surface area contributed by atoms with Gasteiger partial charge in [0.2, 0.25) is 0 Å². The van der Waals surface area contributed by atoms with Crippen molar-refractivity contribution in [1.29, 1.82) is 0 Å². The molecule has 1 rings (SSSR count). The van der Waals surface area contributed by atoms with Gasteiger partial charge < -0.3 is 14.9 Å². The summed E-state index contributed by atoms with van der Waals surface area (Å²) in [6.07, 6.45) is -0.543. The first kappa shape index (κ1) is 17.6. The zero-order chi connectivity index (χ0) is 16.7. The minimum absolute atomic E-state index is 0.0665. The normalized spacial score (nSPS) is 11.7. The molecule has 1 aromatic rings. The standard InChI is InChI=1S/C16H18O6/c1-10-4-3-5-11(8-10)14(17)9-13(16(20)21)12(15(18)19)6-7-22-2/h3-5,8H,6-7,9H2,1-2H3,(H,18,19)(H,20,21). The van der Waals surface area contributed by atoms with E-state index in [0.29, 0.717) is 5.56 Å². The number of Topliss-reactive ketones (excluding diaryl/α,β-unsaturated/α-hetero) is 1. The van der Waals surface area contributed by atoms with E-state index in [0.717, 1.165) is 5.56 Å². The van der Waals surface area contributed by atoms with E-state index >= 15 is 0 Å². The van der Waals surface area contributed by atoms with Crippen molar-refractivity contribution in [3.63, 3.8) is 0 Å². The number of ether oxygens (including phenoxy) is 1. The van der Waals surface area contributed by atoms with Crippen LogP contribution in [0.3, 0.4) is 0 Å². The first-order chi connectivity index (χ1) is 10.4. The van der Waals surface area contributed by atoms with Gasteiger partial charge in [-0.05, 0) is 13.0 Å². The predicted octanol–water partition coefficient (Wildman–Crippen LogP) is 2.07. The summed E-state index contributed by atoms with van der Waals surface area (Å²) in [7, 11) is 1.39. The van der Waals surface area contributed by atoms with Crippen LogP contribution in [0.25, 0.3) is 0 Å². The van der Waals surface area contributed by atoms with Crippen LogP contribution in [-0.2, 0) is 14.3 Å². The van der Waals surface area contributed by atoms with Crippen molar-refractivity contribution in [2.45, 2.75) is 19.8 Å². The van der Waals surface area contributed by atoms with E-state index < -0.39 is 29.7 Å². The highest BCUT2D eigenvalue weighted by Crippen LogP contribution is 2.18. The van der Waals surface area contributed by atoms with Crippen LogP contribution in [-0.4, -0.2) is 41.7 Å². The third-order valence-corrected chi connectivity index (χ3v) is 3.11. The summed E-state index contributed by atoms with van der Waals surface area (Å²) in [5, 5.41) is 18.4. The first-order valence-electron chi connectivity index (χ1n) is 6.64. The van der Waals surface area contributed by atoms with Crippen LogP contribution in [0.1, 0.15) is 28.8 Å². The maximum Gasteiger partial charge on any atom is 0.332 e. The Kier molecular flexibility index (Phi) is 6.47. The van der Waals surface area contributed by atoms with Gasteiger partial charge in [-0.15, -0.1) is 0 Å². The lowest BCUT2D eigenvalue weighted by Gasteiger charge is -2.09. The second-order valence-corrected chi connectivity index (χ2v) is 4.78. The van der Waals surface area contributed by atoms with Crippen molar-refractivity contribution in [3.05, 3.63) is 46.5 Å². The van der Waals surface area contributed by atoms with Gasteiger partial charge in [0.15, 0.2) is 5.78 Å². The molecule has 22 heavy (non-hydrogen) atoms. The van der Waals surface area contributed by atoms with Crippen molar-refractivity contribution >= 4 is 17.7 Å². The molecule has 6 nitrogen and oxygen atoms in total. The molecular formula is C16H18O6. The second-order valence-electron chi connectivity index (χ2n) is 4.78. The molecule has 0 saturated carbocycles. The Labute approximate surface area is 128 Å². The Bertz CT molecular complexity index is 615. The minimum atomic E-state index is -1.41. The van der Waals surface area contributed by atoms with Crippen LogP contribution >= 0.6 is 0 Å². The smallest absolute Gasteiger partial charge is 0.332 e. The molecule has 0 bridgehead atoms. The van der Waals surface area contributed by atoms with E-state index in [2.05, 4.69) is 0 Å². The summed E-state index contributed by atoms with van der Waals surface area (Å²) in [6, 6.07) is 6.71. The highest BCUT2D eigenvalue weighted by atomic mass is 16.5. The molecule has 0 heterocycles. The number of carboxylic acids is 2. The zero-order valence-corrected chi connectivity index (χ0v) is 12.5. The van der Waals surface area contributed by atoms with Crippen molar-refractivity contribution < 1.29 is 29.3 Å². The molecule has 0 saturated heterocycles. The molecule has 0 fully saturated rings. The van der Waals surface area contributed by atoms with Crippen LogP contribution in [0, 0.1) is 6.92 Å². The lowest BCUT2D eigenvalue weighted by molar-refractivity contribution is -0.136. The van der Waals surface area contributed by atoms with E-state index in [4.69, 9.17) is 9.84 Å². The molecular weight excluding hydrogens is 288 g/mol. The molecule has 0 spiro atoms. The number of carboxylic acid groups (broad SMARTS) is 2. The molecule has 118 valence electrons. The third-order valence-electron chi connectivity index (χ3n) is 3.11. The van der Waals surface area contributed by atoms with E-state index in [-0.39, 0.29) is 18.6 Å². The van der Waals surface area contributed by atoms with Crippen molar-refractivity contribution in [2.75, 3.05) is 13.7 Å². The van der Waals surface area contributed by atoms with Crippen molar-refractivity contribution in [3.8, 4) is 0 Å². The molecule has 0 radical (unpaired) electrons. The van der Waals surface area contributed by atoms with Crippen molar-refractivity contribution in [2.24, 2.45) is 0 Å². The number of hydrogen-bond donors (Lipinski definition) is 2. The van der Waals surface area contributed by atoms with Gasteiger partial charge in [-0.25, -0.2) is 9.59 Å². The van der Waals surface area contributed by atoms with Crippen LogP contribution in [0.15, 0.2) is 35.4 Å². The highest BCUT2D eigenvalue weighted by Gasteiger charge is 2.23. The van der Waals surface area contributed by atoms with Gasteiger partial charge in [-0.2, -0.15) is 0 Å². The Morgan fingerprint density at radius 2 is 1.73 bits per heavy atom. The fourth-order valence-corrected chi connectivity index (χ4v) is 1.98. The molecule has 1 aromatic carbocycles. The molecule has 0 aromatic heterocycles. The third kappa shape index (κ3) is 4.82. The maximum absolute atomic E-state index is 12.2. The van der Waals surface area contributed by atoms with Crippen LogP contribution in [0.2, 0.25) is 0 Å². The number of hydrogen-bond acceptors (Lipinski definition) is 4. The van der Waals surface area contributed by atoms with Gasteiger partial charge >= 0.3 is 11.9 Å². The number of methoxy groups -OCH3 is 1. The quantitative estimate of drug-likeness (QED) is 0.563. The SMILES string of the molecule is COCCC(C(=O)O)=C(CC(=O)c1cccc(C)c1)C(=O)O. The molecule has 0 aliphatic heterocycles. The zero-order valence-electron chi connectivity index (χ0n) is 12.5. The highest BCUT2D eigenvalue weighted by molar-refractivity contribution is 6.06. The van der Waals surface area contributed by atoms with Gasteiger partial charge in [0.1, 0.15) is 0 Å². The molecule has 0 atom stereocenters. The first-order valence-corrected chi connectivity index (χ1v) is 6.64. The number of aryl methyl sites for hydroxylation is 1. The predicted molar refractivity (Wildman–Crippen MR) is 78.9 cm³/mol. The number of aliphatic carboxylic acids is 2. The fraction of sp³-hybridized carbons (Fsp3) is 0.312. The second kappa shape index (κ2) is 8.09. The summed E-state index contributed by atoms with van der Waals surface area (Å²) in [6.45, 7) is 1.88. The van der Waals surface area contributed by atoms with Gasteiger partial charge in [0.25, 0.3) is 0 Å². The summed E-state index contributed by atoms with van der Waals surface area (Å²) in [5.41, 5.74) is 0.506. The van der Waals surface area contributed by atoms with Crippen molar-refractivity contribution in [1.82, 2.24) is 0 Å². The van der Waals surface area contributed by atoms with Crippen LogP contribution < -0.4 is 0 Å². The number of rotatable bonds is 8.